The molecule has 2 amide bonds. The maximum Gasteiger partial charge on any atom is 0.225 e. The number of halogens is 1. The van der Waals surface area contributed by atoms with Crippen molar-refractivity contribution in [1.29, 1.82) is 0 Å². The van der Waals surface area contributed by atoms with E-state index in [-0.39, 0.29) is 35.2 Å². The van der Waals surface area contributed by atoms with Gasteiger partial charge >= 0.3 is 0 Å². The fourth-order valence-electron chi connectivity index (χ4n) is 4.73. The summed E-state index contributed by atoms with van der Waals surface area (Å²) in [6.45, 7) is 4.11. The topological polar surface area (TPSA) is 87.2 Å². The van der Waals surface area contributed by atoms with E-state index in [0.29, 0.717) is 24.5 Å². The van der Waals surface area contributed by atoms with Gasteiger partial charge in [0, 0.05) is 36.6 Å². The zero-order valence-corrected chi connectivity index (χ0v) is 17.9. The van der Waals surface area contributed by atoms with Gasteiger partial charge in [-0.1, -0.05) is 0 Å². The standard InChI is InChI=1S/C21H30ClN5O2/c1-12(18-10-14-9-15(22)3-6-19(14)26-20(18)29)24-21-23-8-7-16(25-21)11-27(13(2)28)17-4-5-17/h7-8,12,14-15,17-19H,3-6,9-11H2,1-2H3,(H,26,29)(H,23,24,25)/t12-,14?,15?,18?,19?/m0/s1. The number of aromatic nitrogens is 2. The zero-order valence-electron chi connectivity index (χ0n) is 17.1. The number of alkyl halides is 1. The molecule has 29 heavy (non-hydrogen) atoms. The van der Waals surface area contributed by atoms with Gasteiger partial charge in [0.15, 0.2) is 0 Å². The van der Waals surface area contributed by atoms with Crippen LogP contribution < -0.4 is 10.6 Å². The molecular weight excluding hydrogens is 390 g/mol. The Balaban J connectivity index is 1.39. The fourth-order valence-corrected chi connectivity index (χ4v) is 5.08. The minimum atomic E-state index is -0.134. The van der Waals surface area contributed by atoms with Crippen molar-refractivity contribution >= 4 is 29.4 Å². The molecule has 158 valence electrons. The van der Waals surface area contributed by atoms with Gasteiger partial charge in [0.05, 0.1) is 18.2 Å². The maximum absolute atomic E-state index is 12.7. The maximum atomic E-state index is 12.7. The average molecular weight is 420 g/mol. The van der Waals surface area contributed by atoms with Crippen LogP contribution in [-0.2, 0) is 16.1 Å². The van der Waals surface area contributed by atoms with Gasteiger partial charge in [-0.05, 0) is 57.4 Å². The molecule has 0 aromatic carbocycles. The summed E-state index contributed by atoms with van der Waals surface area (Å²) in [5.41, 5.74) is 0.808. The number of piperidine rings is 1. The number of hydrogen-bond donors (Lipinski definition) is 2. The monoisotopic (exact) mass is 419 g/mol. The van der Waals surface area contributed by atoms with Crippen LogP contribution in [0, 0.1) is 11.8 Å². The normalized spacial score (nSPS) is 30.1. The molecule has 7 nitrogen and oxygen atoms in total. The minimum Gasteiger partial charge on any atom is -0.353 e. The lowest BCUT2D eigenvalue weighted by atomic mass is 9.74. The van der Waals surface area contributed by atoms with Crippen LogP contribution >= 0.6 is 11.6 Å². The molecule has 8 heteroatoms. The molecule has 3 aliphatic rings. The zero-order chi connectivity index (χ0) is 20.5. The first-order valence-electron chi connectivity index (χ1n) is 10.7. The van der Waals surface area contributed by atoms with Gasteiger partial charge in [-0.15, -0.1) is 11.6 Å². The molecule has 2 saturated carbocycles. The second-order valence-corrected chi connectivity index (χ2v) is 9.43. The minimum absolute atomic E-state index is 0.0764. The summed E-state index contributed by atoms with van der Waals surface area (Å²) in [6, 6.07) is 2.36. The first-order valence-corrected chi connectivity index (χ1v) is 11.1. The highest BCUT2D eigenvalue weighted by atomic mass is 35.5. The summed E-state index contributed by atoms with van der Waals surface area (Å²) in [7, 11) is 0. The van der Waals surface area contributed by atoms with Crippen LogP contribution in [0.15, 0.2) is 12.3 Å². The Morgan fingerprint density at radius 3 is 2.86 bits per heavy atom. The number of nitrogens with one attached hydrogen (secondary N) is 2. The largest absolute Gasteiger partial charge is 0.353 e. The van der Waals surface area contributed by atoms with Crippen molar-refractivity contribution in [2.24, 2.45) is 11.8 Å². The van der Waals surface area contributed by atoms with Gasteiger partial charge in [-0.2, -0.15) is 0 Å². The van der Waals surface area contributed by atoms with Crippen LogP contribution in [0.4, 0.5) is 5.95 Å². The molecule has 2 aliphatic carbocycles. The molecule has 1 saturated heterocycles. The molecule has 1 aliphatic heterocycles. The third kappa shape index (κ3) is 4.82. The van der Waals surface area contributed by atoms with Gasteiger partial charge in [-0.3, -0.25) is 9.59 Å². The van der Waals surface area contributed by atoms with E-state index in [0.717, 1.165) is 44.2 Å². The number of rotatable bonds is 6. The average Bonchev–Trinajstić information content (AvgIpc) is 3.51. The van der Waals surface area contributed by atoms with Gasteiger partial charge in [0.2, 0.25) is 17.8 Å². The third-order valence-electron chi connectivity index (χ3n) is 6.54. The second-order valence-electron chi connectivity index (χ2n) is 8.81. The van der Waals surface area contributed by atoms with E-state index in [1.807, 2.05) is 17.9 Å². The molecule has 0 spiro atoms. The summed E-state index contributed by atoms with van der Waals surface area (Å²) in [4.78, 5) is 35.3. The molecule has 4 rings (SSSR count). The van der Waals surface area contributed by atoms with Crippen LogP contribution in [0.1, 0.15) is 58.1 Å². The van der Waals surface area contributed by atoms with Crippen molar-refractivity contribution in [3.63, 3.8) is 0 Å². The van der Waals surface area contributed by atoms with Crippen molar-refractivity contribution < 1.29 is 9.59 Å². The van der Waals surface area contributed by atoms with Gasteiger partial charge < -0.3 is 15.5 Å². The van der Waals surface area contributed by atoms with Crippen LogP contribution in [0.3, 0.4) is 0 Å². The smallest absolute Gasteiger partial charge is 0.225 e. The van der Waals surface area contributed by atoms with E-state index in [1.54, 1.807) is 13.1 Å². The molecular formula is C21H30ClN5O2. The molecule has 2 N–H and O–H groups in total. The van der Waals surface area contributed by atoms with E-state index in [9.17, 15) is 9.59 Å². The first kappa shape index (κ1) is 20.4. The number of amides is 2. The van der Waals surface area contributed by atoms with E-state index in [4.69, 9.17) is 11.6 Å². The Bertz CT molecular complexity index is 771. The van der Waals surface area contributed by atoms with Gasteiger partial charge in [0.25, 0.3) is 0 Å². The first-order chi connectivity index (χ1) is 13.9. The van der Waals surface area contributed by atoms with Crippen molar-refractivity contribution in [2.45, 2.75) is 82.4 Å². The van der Waals surface area contributed by atoms with Crippen LogP contribution in [0.25, 0.3) is 0 Å². The lowest BCUT2D eigenvalue weighted by Gasteiger charge is -2.42. The summed E-state index contributed by atoms with van der Waals surface area (Å²) >= 11 is 6.36. The Morgan fingerprint density at radius 2 is 2.14 bits per heavy atom. The van der Waals surface area contributed by atoms with Crippen LogP contribution in [0.2, 0.25) is 0 Å². The van der Waals surface area contributed by atoms with Crippen molar-refractivity contribution in [3.8, 4) is 0 Å². The molecule has 2 heterocycles. The summed E-state index contributed by atoms with van der Waals surface area (Å²) < 4.78 is 0. The second kappa shape index (κ2) is 8.46. The molecule has 1 aromatic heterocycles. The summed E-state index contributed by atoms with van der Waals surface area (Å²) in [5.74, 6) is 0.987. The highest BCUT2D eigenvalue weighted by Gasteiger charge is 2.41. The van der Waals surface area contributed by atoms with E-state index in [2.05, 4.69) is 20.6 Å². The molecule has 5 atom stereocenters. The highest BCUT2D eigenvalue weighted by molar-refractivity contribution is 6.20. The molecule has 4 unspecified atom stereocenters. The number of hydrogen-bond acceptors (Lipinski definition) is 5. The lowest BCUT2D eigenvalue weighted by Crippen LogP contribution is -2.55. The predicted octanol–water partition coefficient (Wildman–Crippen LogP) is 2.70. The van der Waals surface area contributed by atoms with Crippen molar-refractivity contribution in [2.75, 3.05) is 5.32 Å². The molecule has 1 aromatic rings. The van der Waals surface area contributed by atoms with Crippen LogP contribution in [-0.4, -0.2) is 50.2 Å². The van der Waals surface area contributed by atoms with Crippen LogP contribution in [0.5, 0.6) is 0 Å². The SMILES string of the molecule is CC(=O)N(Cc1ccnc(N[C@@H](C)C2CC3CC(Cl)CCC3NC2=O)n1)C1CC1. The van der Waals surface area contributed by atoms with Crippen molar-refractivity contribution in [3.05, 3.63) is 18.0 Å². The summed E-state index contributed by atoms with van der Waals surface area (Å²) in [6.07, 6.45) is 7.58. The molecule has 3 fully saturated rings. The Labute approximate surface area is 177 Å². The number of carbonyl (C=O) groups excluding carboxylic acids is 2. The molecule has 0 radical (unpaired) electrons. The number of anilines is 1. The Kier molecular flexibility index (Phi) is 5.95. The Hall–Kier alpha value is -1.89. The number of carbonyl (C=O) groups is 2. The number of nitrogens with zero attached hydrogens (tertiary/aromatic N) is 3. The van der Waals surface area contributed by atoms with Crippen molar-refractivity contribution in [1.82, 2.24) is 20.2 Å². The van der Waals surface area contributed by atoms with Gasteiger partial charge in [-0.25, -0.2) is 9.97 Å². The quantitative estimate of drug-likeness (QED) is 0.692. The van der Waals surface area contributed by atoms with E-state index < -0.39 is 0 Å². The molecule has 0 bridgehead atoms. The third-order valence-corrected chi connectivity index (χ3v) is 6.93. The fraction of sp³-hybridized carbons (Fsp3) is 0.714. The Morgan fingerprint density at radius 1 is 1.34 bits per heavy atom. The van der Waals surface area contributed by atoms with E-state index >= 15 is 0 Å². The van der Waals surface area contributed by atoms with Gasteiger partial charge in [0.1, 0.15) is 0 Å². The van der Waals surface area contributed by atoms with E-state index in [1.165, 1.54) is 0 Å². The number of fused-ring (bicyclic) bond motifs is 1. The lowest BCUT2D eigenvalue weighted by molar-refractivity contribution is -0.131. The predicted molar refractivity (Wildman–Crippen MR) is 111 cm³/mol. The summed E-state index contributed by atoms with van der Waals surface area (Å²) in [5, 5.41) is 6.73. The highest BCUT2D eigenvalue weighted by Crippen LogP contribution is 2.36.